The molecule has 136 valence electrons. The second-order valence-electron chi connectivity index (χ2n) is 7.07. The van der Waals surface area contributed by atoms with Crippen LogP contribution in [0.3, 0.4) is 0 Å². The van der Waals surface area contributed by atoms with E-state index in [4.69, 9.17) is 0 Å². The highest BCUT2D eigenvalue weighted by Crippen LogP contribution is 2.34. The summed E-state index contributed by atoms with van der Waals surface area (Å²) in [7, 11) is 0. The molecule has 0 spiro atoms. The molecular weight excluding hydrogens is 358 g/mol. The molecule has 0 aliphatic heterocycles. The number of nitrogens with zero attached hydrogens (tertiary/aromatic N) is 2. The van der Waals surface area contributed by atoms with E-state index in [1.165, 1.54) is 16.2 Å². The number of H-pyrrole nitrogens is 1. The lowest BCUT2D eigenvalue weighted by Gasteiger charge is -2.10. The Morgan fingerprint density at radius 3 is 2.78 bits per heavy atom. The minimum absolute atomic E-state index is 0.136. The molecule has 1 unspecified atom stereocenters. The summed E-state index contributed by atoms with van der Waals surface area (Å²) < 4.78 is 0. The second-order valence-corrected chi connectivity index (χ2v) is 8.15. The summed E-state index contributed by atoms with van der Waals surface area (Å²) in [5, 5.41) is 10.3. The number of Topliss-reactive ketones (excluding diaryl/α,β-unsaturated/α-hetero) is 1. The quantitative estimate of drug-likeness (QED) is 0.700. The number of rotatable bonds is 3. The Morgan fingerprint density at radius 1 is 1.26 bits per heavy atom. The van der Waals surface area contributed by atoms with E-state index in [1.807, 2.05) is 26.0 Å². The van der Waals surface area contributed by atoms with Crippen molar-refractivity contribution in [3.05, 3.63) is 61.5 Å². The standard InChI is InChI=1S/C21H19N3O2S/c1-11-7-8-13(9-12(11)2)18(25)15(10-22)19-23-20(26)17-14-5-3-4-6-16(14)27-21(17)24-19/h7-9,15H,3-6H2,1-2H3,(H,23,24,26). The van der Waals surface area contributed by atoms with Crippen LogP contribution in [0.25, 0.3) is 10.2 Å². The van der Waals surface area contributed by atoms with E-state index in [0.29, 0.717) is 15.8 Å². The van der Waals surface area contributed by atoms with Crippen LogP contribution >= 0.6 is 11.3 Å². The first-order chi connectivity index (χ1) is 13.0. The van der Waals surface area contributed by atoms with Gasteiger partial charge in [-0.25, -0.2) is 4.98 Å². The highest BCUT2D eigenvalue weighted by molar-refractivity contribution is 7.18. The third kappa shape index (κ3) is 2.98. The predicted molar refractivity (Wildman–Crippen MR) is 105 cm³/mol. The van der Waals surface area contributed by atoms with E-state index in [2.05, 4.69) is 9.97 Å². The first kappa shape index (κ1) is 17.6. The maximum Gasteiger partial charge on any atom is 0.259 e. The molecule has 2 aromatic heterocycles. The summed E-state index contributed by atoms with van der Waals surface area (Å²) in [6.45, 7) is 3.90. The second kappa shape index (κ2) is 6.75. The molecule has 1 aromatic carbocycles. The van der Waals surface area contributed by atoms with Crippen molar-refractivity contribution in [2.24, 2.45) is 0 Å². The van der Waals surface area contributed by atoms with Crippen LogP contribution in [0.2, 0.25) is 0 Å². The first-order valence-corrected chi connectivity index (χ1v) is 9.86. The molecule has 5 nitrogen and oxygen atoms in total. The number of carbonyl (C=O) groups excluding carboxylic acids is 1. The van der Waals surface area contributed by atoms with E-state index >= 15 is 0 Å². The average molecular weight is 377 g/mol. The largest absolute Gasteiger partial charge is 0.308 e. The summed E-state index contributed by atoms with van der Waals surface area (Å²) in [6, 6.07) is 7.39. The van der Waals surface area contributed by atoms with Gasteiger partial charge in [-0.3, -0.25) is 9.59 Å². The number of nitrogens with one attached hydrogen (secondary N) is 1. The van der Waals surface area contributed by atoms with Crippen molar-refractivity contribution in [1.29, 1.82) is 5.26 Å². The third-order valence-electron chi connectivity index (χ3n) is 5.30. The number of aromatic nitrogens is 2. The molecule has 0 radical (unpaired) electrons. The van der Waals surface area contributed by atoms with Gasteiger partial charge in [0.25, 0.3) is 5.56 Å². The molecule has 6 heteroatoms. The Bertz CT molecular complexity index is 1170. The molecule has 27 heavy (non-hydrogen) atoms. The molecule has 1 atom stereocenters. The van der Waals surface area contributed by atoms with Gasteiger partial charge in [-0.15, -0.1) is 11.3 Å². The number of hydrogen-bond acceptors (Lipinski definition) is 5. The van der Waals surface area contributed by atoms with Crippen molar-refractivity contribution in [2.75, 3.05) is 0 Å². The van der Waals surface area contributed by atoms with Crippen LogP contribution in [-0.4, -0.2) is 15.8 Å². The van der Waals surface area contributed by atoms with Crippen molar-refractivity contribution >= 4 is 27.3 Å². The Balaban J connectivity index is 1.79. The maximum atomic E-state index is 12.9. The smallest absolute Gasteiger partial charge is 0.259 e. The van der Waals surface area contributed by atoms with Crippen molar-refractivity contribution in [3.8, 4) is 6.07 Å². The van der Waals surface area contributed by atoms with Gasteiger partial charge in [0, 0.05) is 10.4 Å². The SMILES string of the molecule is Cc1ccc(C(=O)C(C#N)c2nc3sc4c(c3c(=O)[nH]2)CCCC4)cc1C. The molecule has 0 saturated carbocycles. The maximum absolute atomic E-state index is 12.9. The van der Waals surface area contributed by atoms with E-state index in [-0.39, 0.29) is 17.2 Å². The van der Waals surface area contributed by atoms with E-state index in [1.54, 1.807) is 12.1 Å². The molecule has 0 saturated heterocycles. The van der Waals surface area contributed by atoms with Crippen LogP contribution < -0.4 is 5.56 Å². The summed E-state index contributed by atoms with van der Waals surface area (Å²) >= 11 is 1.52. The molecule has 0 fully saturated rings. The van der Waals surface area contributed by atoms with Crippen LogP contribution in [-0.2, 0) is 12.8 Å². The molecule has 3 aromatic rings. The number of fused-ring (bicyclic) bond motifs is 3. The molecule has 2 heterocycles. The van der Waals surface area contributed by atoms with Crippen LogP contribution in [0.4, 0.5) is 0 Å². The van der Waals surface area contributed by atoms with Crippen molar-refractivity contribution < 1.29 is 4.79 Å². The fourth-order valence-corrected chi connectivity index (χ4v) is 4.89. The summed E-state index contributed by atoms with van der Waals surface area (Å²) in [4.78, 5) is 34.7. The first-order valence-electron chi connectivity index (χ1n) is 9.05. The number of aromatic amines is 1. The van der Waals surface area contributed by atoms with Gasteiger partial charge in [-0.2, -0.15) is 5.26 Å². The average Bonchev–Trinajstić information content (AvgIpc) is 3.03. The van der Waals surface area contributed by atoms with Gasteiger partial charge in [0.1, 0.15) is 10.7 Å². The molecule has 1 N–H and O–H groups in total. The van der Waals surface area contributed by atoms with Crippen LogP contribution in [0.15, 0.2) is 23.0 Å². The number of hydrogen-bond donors (Lipinski definition) is 1. The number of aryl methyl sites for hydroxylation is 4. The third-order valence-corrected chi connectivity index (χ3v) is 6.49. The topological polar surface area (TPSA) is 86.6 Å². The fourth-order valence-electron chi connectivity index (χ4n) is 3.62. The summed E-state index contributed by atoms with van der Waals surface area (Å²) in [5.41, 5.74) is 3.37. The number of thiophene rings is 1. The fraction of sp³-hybridized carbons (Fsp3) is 0.333. The monoisotopic (exact) mass is 377 g/mol. The molecule has 0 amide bonds. The van der Waals surface area contributed by atoms with Gasteiger partial charge in [0.05, 0.1) is 11.5 Å². The Labute approximate surface area is 160 Å². The van der Waals surface area contributed by atoms with Gasteiger partial charge < -0.3 is 4.98 Å². The van der Waals surface area contributed by atoms with Gasteiger partial charge in [0.15, 0.2) is 11.7 Å². The Kier molecular flexibility index (Phi) is 4.40. The zero-order valence-electron chi connectivity index (χ0n) is 15.3. The number of ketones is 1. The van der Waals surface area contributed by atoms with Crippen LogP contribution in [0, 0.1) is 25.2 Å². The molecular formula is C21H19N3O2S. The van der Waals surface area contributed by atoms with Crippen molar-refractivity contribution in [2.45, 2.75) is 45.4 Å². The van der Waals surface area contributed by atoms with Crippen LogP contribution in [0.5, 0.6) is 0 Å². The lowest BCUT2D eigenvalue weighted by atomic mass is 9.95. The van der Waals surface area contributed by atoms with Gasteiger partial charge in [0.2, 0.25) is 0 Å². The molecule has 1 aliphatic carbocycles. The van der Waals surface area contributed by atoms with Gasteiger partial charge >= 0.3 is 0 Å². The highest BCUT2D eigenvalue weighted by Gasteiger charge is 2.27. The molecule has 1 aliphatic rings. The normalized spacial score (nSPS) is 14.6. The lowest BCUT2D eigenvalue weighted by Crippen LogP contribution is -2.20. The zero-order chi connectivity index (χ0) is 19.1. The lowest BCUT2D eigenvalue weighted by molar-refractivity contribution is 0.0976. The van der Waals surface area contributed by atoms with E-state index in [9.17, 15) is 14.9 Å². The Hall–Kier alpha value is -2.78. The van der Waals surface area contributed by atoms with Crippen LogP contribution in [0.1, 0.15) is 56.5 Å². The van der Waals surface area contributed by atoms with Crippen molar-refractivity contribution in [1.82, 2.24) is 9.97 Å². The molecule has 4 rings (SSSR count). The van der Waals surface area contributed by atoms with E-state index < -0.39 is 5.92 Å². The van der Waals surface area contributed by atoms with E-state index in [0.717, 1.165) is 42.4 Å². The van der Waals surface area contributed by atoms with Gasteiger partial charge in [-0.05, 0) is 62.3 Å². The molecule has 0 bridgehead atoms. The predicted octanol–water partition coefficient (Wildman–Crippen LogP) is 3.97. The minimum atomic E-state index is -1.12. The summed E-state index contributed by atoms with van der Waals surface area (Å²) in [6.07, 6.45) is 4.06. The van der Waals surface area contributed by atoms with Crippen molar-refractivity contribution in [3.63, 3.8) is 0 Å². The summed E-state index contributed by atoms with van der Waals surface area (Å²) in [5.74, 6) is -1.33. The number of nitriles is 1. The highest BCUT2D eigenvalue weighted by atomic mass is 32.1. The minimum Gasteiger partial charge on any atom is -0.308 e. The van der Waals surface area contributed by atoms with Gasteiger partial charge in [-0.1, -0.05) is 12.1 Å². The zero-order valence-corrected chi connectivity index (χ0v) is 16.1. The number of carbonyl (C=O) groups is 1. The Morgan fingerprint density at radius 2 is 2.04 bits per heavy atom. The number of benzene rings is 1.